The molecule has 7 nitrogen and oxygen atoms in total. The van der Waals surface area contributed by atoms with Crippen LogP contribution in [0.3, 0.4) is 0 Å². The molecule has 3 rings (SSSR count). The van der Waals surface area contributed by atoms with E-state index in [9.17, 15) is 14.0 Å². The Kier molecular flexibility index (Phi) is 6.28. The molecule has 150 valence electrons. The SMILES string of the molecule is CCc1cc(C(=O)N2CCC(=O)N(CCOc3ccc(F)cc3)CC2)n(C)n1. The van der Waals surface area contributed by atoms with E-state index in [2.05, 4.69) is 5.10 Å². The van der Waals surface area contributed by atoms with Crippen LogP contribution >= 0.6 is 0 Å². The molecule has 1 aromatic carbocycles. The molecule has 0 radical (unpaired) electrons. The van der Waals surface area contributed by atoms with Gasteiger partial charge in [-0.1, -0.05) is 6.92 Å². The van der Waals surface area contributed by atoms with Crippen LogP contribution in [-0.2, 0) is 18.3 Å². The van der Waals surface area contributed by atoms with Gasteiger partial charge < -0.3 is 14.5 Å². The van der Waals surface area contributed by atoms with Crippen molar-refractivity contribution in [3.8, 4) is 5.75 Å². The van der Waals surface area contributed by atoms with Gasteiger partial charge in [-0.2, -0.15) is 5.10 Å². The number of aromatic nitrogens is 2. The second kappa shape index (κ2) is 8.86. The zero-order valence-electron chi connectivity index (χ0n) is 16.2. The highest BCUT2D eigenvalue weighted by atomic mass is 19.1. The number of carbonyl (C=O) groups excluding carboxylic acids is 2. The van der Waals surface area contributed by atoms with Crippen molar-refractivity contribution in [2.75, 3.05) is 32.8 Å². The minimum Gasteiger partial charge on any atom is -0.492 e. The van der Waals surface area contributed by atoms with E-state index in [0.717, 1.165) is 12.1 Å². The fraction of sp³-hybridized carbons (Fsp3) is 0.450. The van der Waals surface area contributed by atoms with E-state index < -0.39 is 0 Å². The van der Waals surface area contributed by atoms with Gasteiger partial charge in [0.1, 0.15) is 23.9 Å². The summed E-state index contributed by atoms with van der Waals surface area (Å²) in [4.78, 5) is 28.6. The molecule has 2 aromatic rings. The third-order valence-corrected chi connectivity index (χ3v) is 4.83. The fourth-order valence-corrected chi connectivity index (χ4v) is 3.17. The third kappa shape index (κ3) is 4.68. The van der Waals surface area contributed by atoms with Gasteiger partial charge in [-0.25, -0.2) is 4.39 Å². The molecule has 0 bridgehead atoms. The number of hydrogen-bond donors (Lipinski definition) is 0. The minimum atomic E-state index is -0.320. The fourth-order valence-electron chi connectivity index (χ4n) is 3.17. The molecule has 1 aliphatic heterocycles. The first-order valence-electron chi connectivity index (χ1n) is 9.46. The third-order valence-electron chi connectivity index (χ3n) is 4.83. The van der Waals surface area contributed by atoms with E-state index >= 15 is 0 Å². The molecule has 0 aliphatic carbocycles. The van der Waals surface area contributed by atoms with E-state index in [-0.39, 0.29) is 24.1 Å². The number of aryl methyl sites for hydroxylation is 2. The number of halogens is 1. The number of ether oxygens (including phenoxy) is 1. The van der Waals surface area contributed by atoms with E-state index in [0.29, 0.717) is 44.2 Å². The molecule has 8 heteroatoms. The molecule has 2 heterocycles. The topological polar surface area (TPSA) is 67.7 Å². The molecule has 1 fully saturated rings. The predicted molar refractivity (Wildman–Crippen MR) is 102 cm³/mol. The predicted octanol–water partition coefficient (Wildman–Crippen LogP) is 1.88. The summed E-state index contributed by atoms with van der Waals surface area (Å²) in [5.74, 6) is 0.131. The Morgan fingerprint density at radius 2 is 1.96 bits per heavy atom. The molecular formula is C20H25FN4O3. The number of amides is 2. The molecule has 1 saturated heterocycles. The quantitative estimate of drug-likeness (QED) is 0.758. The van der Waals surface area contributed by atoms with E-state index in [1.165, 1.54) is 12.1 Å². The molecule has 1 aliphatic rings. The molecule has 0 atom stereocenters. The van der Waals surface area contributed by atoms with Crippen LogP contribution in [0.2, 0.25) is 0 Å². The highest BCUT2D eigenvalue weighted by molar-refractivity contribution is 5.93. The summed E-state index contributed by atoms with van der Waals surface area (Å²) >= 11 is 0. The summed E-state index contributed by atoms with van der Waals surface area (Å²) in [6, 6.07) is 7.58. The highest BCUT2D eigenvalue weighted by Gasteiger charge is 2.26. The van der Waals surface area contributed by atoms with Gasteiger partial charge >= 0.3 is 0 Å². The summed E-state index contributed by atoms with van der Waals surface area (Å²) in [6.45, 7) is 4.03. The first-order valence-corrected chi connectivity index (χ1v) is 9.46. The Hall–Kier alpha value is -2.90. The second-order valence-corrected chi connectivity index (χ2v) is 6.72. The van der Waals surface area contributed by atoms with Crippen molar-refractivity contribution < 1.29 is 18.7 Å². The van der Waals surface area contributed by atoms with Gasteiger partial charge in [0.05, 0.1) is 12.2 Å². The first-order chi connectivity index (χ1) is 13.5. The van der Waals surface area contributed by atoms with Crippen LogP contribution in [-0.4, -0.2) is 64.2 Å². The van der Waals surface area contributed by atoms with Crippen LogP contribution in [0.25, 0.3) is 0 Å². The van der Waals surface area contributed by atoms with Crippen molar-refractivity contribution in [3.05, 3.63) is 47.5 Å². The molecule has 0 N–H and O–H groups in total. The Morgan fingerprint density at radius 3 is 2.64 bits per heavy atom. The average Bonchev–Trinajstić information content (AvgIpc) is 2.97. The van der Waals surface area contributed by atoms with Crippen molar-refractivity contribution in [1.82, 2.24) is 19.6 Å². The molecule has 2 amide bonds. The smallest absolute Gasteiger partial charge is 0.272 e. The van der Waals surface area contributed by atoms with Crippen LogP contribution in [0.5, 0.6) is 5.75 Å². The summed E-state index contributed by atoms with van der Waals surface area (Å²) in [6.07, 6.45) is 1.04. The van der Waals surface area contributed by atoms with E-state index in [1.54, 1.807) is 33.7 Å². The van der Waals surface area contributed by atoms with Gasteiger partial charge in [0, 0.05) is 33.1 Å². The monoisotopic (exact) mass is 388 g/mol. The Morgan fingerprint density at radius 1 is 1.21 bits per heavy atom. The Bertz CT molecular complexity index is 834. The van der Waals surface area contributed by atoms with Gasteiger partial charge in [0.15, 0.2) is 0 Å². The van der Waals surface area contributed by atoms with Gasteiger partial charge in [0.25, 0.3) is 5.91 Å². The van der Waals surface area contributed by atoms with E-state index in [4.69, 9.17) is 4.74 Å². The lowest BCUT2D eigenvalue weighted by Crippen LogP contribution is -2.38. The van der Waals surface area contributed by atoms with Crippen LogP contribution in [0, 0.1) is 5.82 Å². The summed E-state index contributed by atoms with van der Waals surface area (Å²) in [7, 11) is 1.76. The van der Waals surface area contributed by atoms with Crippen molar-refractivity contribution in [2.45, 2.75) is 19.8 Å². The number of rotatable bonds is 6. The normalized spacial score (nSPS) is 14.9. The van der Waals surface area contributed by atoms with Crippen molar-refractivity contribution >= 4 is 11.8 Å². The largest absolute Gasteiger partial charge is 0.492 e. The highest BCUT2D eigenvalue weighted by Crippen LogP contribution is 2.13. The molecule has 0 spiro atoms. The Balaban J connectivity index is 1.55. The molecule has 1 aromatic heterocycles. The van der Waals surface area contributed by atoms with E-state index in [1.807, 2.05) is 13.0 Å². The van der Waals surface area contributed by atoms with Gasteiger partial charge in [0.2, 0.25) is 5.91 Å². The molecule has 0 saturated carbocycles. The van der Waals surface area contributed by atoms with Crippen LogP contribution in [0.1, 0.15) is 29.5 Å². The lowest BCUT2D eigenvalue weighted by Gasteiger charge is -2.22. The lowest BCUT2D eigenvalue weighted by atomic mass is 10.2. The van der Waals surface area contributed by atoms with Crippen LogP contribution in [0.4, 0.5) is 4.39 Å². The number of benzene rings is 1. The number of hydrogen-bond acceptors (Lipinski definition) is 4. The van der Waals surface area contributed by atoms with Crippen LogP contribution < -0.4 is 4.74 Å². The maximum Gasteiger partial charge on any atom is 0.272 e. The Labute approximate surface area is 163 Å². The summed E-state index contributed by atoms with van der Waals surface area (Å²) < 4.78 is 20.1. The van der Waals surface area contributed by atoms with Crippen molar-refractivity contribution in [2.24, 2.45) is 7.05 Å². The zero-order chi connectivity index (χ0) is 20.1. The van der Waals surface area contributed by atoms with Gasteiger partial charge in [-0.05, 0) is 36.8 Å². The lowest BCUT2D eigenvalue weighted by molar-refractivity contribution is -0.130. The molecule has 28 heavy (non-hydrogen) atoms. The molecule has 0 unspecified atom stereocenters. The van der Waals surface area contributed by atoms with Crippen molar-refractivity contribution in [3.63, 3.8) is 0 Å². The molecular weight excluding hydrogens is 363 g/mol. The number of nitrogens with zero attached hydrogens (tertiary/aromatic N) is 4. The first kappa shape index (κ1) is 19.9. The average molecular weight is 388 g/mol. The van der Waals surface area contributed by atoms with Crippen LogP contribution in [0.15, 0.2) is 30.3 Å². The minimum absolute atomic E-state index is 0.00254. The second-order valence-electron chi connectivity index (χ2n) is 6.72. The van der Waals surface area contributed by atoms with Crippen molar-refractivity contribution in [1.29, 1.82) is 0 Å². The maximum absolute atomic E-state index is 12.9. The van der Waals surface area contributed by atoms with Gasteiger partial charge in [-0.15, -0.1) is 0 Å². The maximum atomic E-state index is 12.9. The number of carbonyl (C=O) groups is 2. The summed E-state index contributed by atoms with van der Waals surface area (Å²) in [5.41, 5.74) is 1.41. The standard InChI is InChI=1S/C20H25FN4O3/c1-3-16-14-18(23(2)22-16)20(27)25-9-8-19(26)24(10-11-25)12-13-28-17-6-4-15(21)5-7-17/h4-7,14H,3,8-13H2,1-2H3. The van der Waals surface area contributed by atoms with Gasteiger partial charge in [-0.3, -0.25) is 14.3 Å². The zero-order valence-corrected chi connectivity index (χ0v) is 16.2. The summed E-state index contributed by atoms with van der Waals surface area (Å²) in [5, 5.41) is 4.32.